The first-order valence-electron chi connectivity index (χ1n) is 3.95. The number of carbonyl (C=O) groups excluding carboxylic acids is 1. The van der Waals surface area contributed by atoms with Crippen molar-refractivity contribution in [3.63, 3.8) is 0 Å². The topological polar surface area (TPSA) is 109 Å². The Morgan fingerprint density at radius 1 is 1.60 bits per heavy atom. The summed E-state index contributed by atoms with van der Waals surface area (Å²) in [4.78, 5) is 22.8. The smallest absolute Gasteiger partial charge is 0.273 e. The molecule has 0 aliphatic carbocycles. The van der Waals surface area contributed by atoms with Crippen LogP contribution in [0.4, 0.5) is 11.4 Å². The van der Waals surface area contributed by atoms with Crippen LogP contribution in [-0.2, 0) is 11.2 Å². The van der Waals surface area contributed by atoms with E-state index in [-0.39, 0.29) is 17.8 Å². The molecule has 0 spiro atoms. The highest BCUT2D eigenvalue weighted by Gasteiger charge is 2.13. The molecule has 0 aliphatic heterocycles. The average Bonchev–Trinajstić information content (AvgIpc) is 2.21. The Kier molecular flexibility index (Phi) is 3.37. The Bertz CT molecular complexity index is 451. The number of nitrogens with zero attached hydrogens (tertiary/aromatic N) is 4. The van der Waals surface area contributed by atoms with Gasteiger partial charge in [-0.25, -0.2) is 0 Å². The molecule has 1 aromatic rings. The molecule has 0 saturated carbocycles. The Balaban J connectivity index is 3.25. The molecular weight excluding hydrogens is 200 g/mol. The SMILES string of the molecule is [N-]=[N+]=Nc1ccc(CC=O)c([N+](=O)[O-])c1. The molecule has 0 bridgehead atoms. The molecule has 0 atom stereocenters. The highest BCUT2D eigenvalue weighted by Crippen LogP contribution is 2.25. The third-order valence-corrected chi connectivity index (χ3v) is 1.73. The van der Waals surface area contributed by atoms with Crippen molar-refractivity contribution < 1.29 is 9.72 Å². The first-order chi connectivity index (χ1) is 7.19. The molecule has 7 heteroatoms. The van der Waals surface area contributed by atoms with Crippen molar-refractivity contribution in [1.29, 1.82) is 0 Å². The van der Waals surface area contributed by atoms with Gasteiger partial charge in [0.2, 0.25) is 0 Å². The number of carbonyl (C=O) groups is 1. The molecule has 0 saturated heterocycles. The predicted molar refractivity (Wildman–Crippen MR) is 51.7 cm³/mol. The molecule has 0 aliphatic rings. The minimum Gasteiger partial charge on any atom is -0.303 e. The van der Waals surface area contributed by atoms with Crippen molar-refractivity contribution in [3.8, 4) is 0 Å². The number of nitro groups is 1. The zero-order valence-electron chi connectivity index (χ0n) is 7.53. The van der Waals surface area contributed by atoms with Crippen LogP contribution < -0.4 is 0 Å². The van der Waals surface area contributed by atoms with E-state index >= 15 is 0 Å². The number of azide groups is 1. The molecule has 76 valence electrons. The summed E-state index contributed by atoms with van der Waals surface area (Å²) in [7, 11) is 0. The second kappa shape index (κ2) is 4.73. The van der Waals surface area contributed by atoms with Crippen LogP contribution in [0.25, 0.3) is 10.4 Å². The fourth-order valence-electron chi connectivity index (χ4n) is 1.10. The van der Waals surface area contributed by atoms with Crippen LogP contribution in [0.15, 0.2) is 23.3 Å². The summed E-state index contributed by atoms with van der Waals surface area (Å²) in [5, 5.41) is 13.8. The third-order valence-electron chi connectivity index (χ3n) is 1.73. The molecule has 1 rings (SSSR count). The quantitative estimate of drug-likeness (QED) is 0.188. The van der Waals surface area contributed by atoms with E-state index < -0.39 is 4.92 Å². The van der Waals surface area contributed by atoms with Crippen molar-refractivity contribution in [2.75, 3.05) is 0 Å². The lowest BCUT2D eigenvalue weighted by atomic mass is 10.1. The van der Waals surface area contributed by atoms with E-state index in [1.807, 2.05) is 0 Å². The normalized spacial score (nSPS) is 9.07. The van der Waals surface area contributed by atoms with Crippen LogP contribution in [0.3, 0.4) is 0 Å². The zero-order valence-corrected chi connectivity index (χ0v) is 7.53. The van der Waals surface area contributed by atoms with Crippen LogP contribution >= 0.6 is 0 Å². The minimum absolute atomic E-state index is 0.0349. The number of benzene rings is 1. The van der Waals surface area contributed by atoms with Gasteiger partial charge in [-0.1, -0.05) is 17.2 Å². The van der Waals surface area contributed by atoms with Gasteiger partial charge in [0.1, 0.15) is 6.29 Å². The number of nitro benzene ring substituents is 1. The molecule has 7 nitrogen and oxygen atoms in total. The lowest BCUT2D eigenvalue weighted by Gasteiger charge is -1.99. The van der Waals surface area contributed by atoms with E-state index in [0.29, 0.717) is 11.8 Å². The highest BCUT2D eigenvalue weighted by molar-refractivity contribution is 5.62. The van der Waals surface area contributed by atoms with Gasteiger partial charge in [-0.2, -0.15) is 0 Å². The van der Waals surface area contributed by atoms with Gasteiger partial charge >= 0.3 is 0 Å². The molecule has 1 aromatic carbocycles. The molecule has 0 aromatic heterocycles. The van der Waals surface area contributed by atoms with Gasteiger partial charge in [0.15, 0.2) is 0 Å². The third kappa shape index (κ3) is 2.52. The van der Waals surface area contributed by atoms with Gasteiger partial charge < -0.3 is 4.79 Å². The van der Waals surface area contributed by atoms with Crippen LogP contribution in [0.5, 0.6) is 0 Å². The predicted octanol–water partition coefficient (Wildman–Crippen LogP) is 2.28. The molecule has 0 N–H and O–H groups in total. The van der Waals surface area contributed by atoms with Crippen LogP contribution in [0.1, 0.15) is 5.56 Å². The number of rotatable bonds is 4. The minimum atomic E-state index is -0.616. The largest absolute Gasteiger partial charge is 0.303 e. The van der Waals surface area contributed by atoms with Crippen LogP contribution in [0.2, 0.25) is 0 Å². The second-order valence-electron chi connectivity index (χ2n) is 2.63. The fraction of sp³-hybridized carbons (Fsp3) is 0.125. The van der Waals surface area contributed by atoms with E-state index in [2.05, 4.69) is 10.0 Å². The van der Waals surface area contributed by atoms with Crippen molar-refractivity contribution in [2.24, 2.45) is 5.11 Å². The number of aldehydes is 1. The van der Waals surface area contributed by atoms with E-state index in [1.165, 1.54) is 12.1 Å². The van der Waals surface area contributed by atoms with E-state index in [9.17, 15) is 14.9 Å². The standard InChI is InChI=1S/C8H6N4O3/c9-11-10-7-2-1-6(3-4-13)8(5-7)12(14)15/h1-2,4-5H,3H2. The van der Waals surface area contributed by atoms with Gasteiger partial charge in [-0.15, -0.1) is 0 Å². The van der Waals surface area contributed by atoms with Gasteiger partial charge in [-0.3, -0.25) is 10.1 Å². The first-order valence-corrected chi connectivity index (χ1v) is 3.95. The summed E-state index contributed by atoms with van der Waals surface area (Å²) in [6.07, 6.45) is 0.544. The molecular formula is C8H6N4O3. The fourth-order valence-corrected chi connectivity index (χ4v) is 1.10. The summed E-state index contributed by atoms with van der Waals surface area (Å²) < 4.78 is 0. The monoisotopic (exact) mass is 206 g/mol. The number of hydrogen-bond donors (Lipinski definition) is 0. The van der Waals surface area contributed by atoms with E-state index in [0.717, 1.165) is 6.07 Å². The van der Waals surface area contributed by atoms with Crippen molar-refractivity contribution in [3.05, 3.63) is 44.3 Å². The van der Waals surface area contributed by atoms with Crippen molar-refractivity contribution >= 4 is 17.7 Å². The molecule has 15 heavy (non-hydrogen) atoms. The summed E-state index contributed by atoms with van der Waals surface area (Å²) in [6.45, 7) is 0. The maximum atomic E-state index is 10.6. The highest BCUT2D eigenvalue weighted by atomic mass is 16.6. The van der Waals surface area contributed by atoms with Gasteiger partial charge in [0.05, 0.1) is 4.92 Å². The van der Waals surface area contributed by atoms with Gasteiger partial charge in [0.25, 0.3) is 5.69 Å². The van der Waals surface area contributed by atoms with E-state index in [1.54, 1.807) is 0 Å². The molecule has 0 radical (unpaired) electrons. The second-order valence-corrected chi connectivity index (χ2v) is 2.63. The zero-order chi connectivity index (χ0) is 11.3. The molecule has 0 heterocycles. The lowest BCUT2D eigenvalue weighted by molar-refractivity contribution is -0.385. The first kappa shape index (κ1) is 10.7. The van der Waals surface area contributed by atoms with Crippen LogP contribution in [0, 0.1) is 10.1 Å². The summed E-state index contributed by atoms with van der Waals surface area (Å²) in [6, 6.07) is 3.96. The van der Waals surface area contributed by atoms with Crippen molar-refractivity contribution in [2.45, 2.75) is 6.42 Å². The maximum Gasteiger partial charge on any atom is 0.273 e. The Labute approximate surface area is 84.1 Å². The maximum absolute atomic E-state index is 10.6. The summed E-state index contributed by atoms with van der Waals surface area (Å²) >= 11 is 0. The van der Waals surface area contributed by atoms with Gasteiger partial charge in [-0.05, 0) is 5.53 Å². The van der Waals surface area contributed by atoms with Crippen molar-refractivity contribution in [1.82, 2.24) is 0 Å². The Morgan fingerprint density at radius 3 is 2.87 bits per heavy atom. The van der Waals surface area contributed by atoms with E-state index in [4.69, 9.17) is 5.53 Å². The summed E-state index contributed by atoms with van der Waals surface area (Å²) in [5.74, 6) is 0. The average molecular weight is 206 g/mol. The van der Waals surface area contributed by atoms with Gasteiger partial charge in [0, 0.05) is 28.6 Å². The molecule has 0 unspecified atom stereocenters. The van der Waals surface area contributed by atoms with Crippen LogP contribution in [-0.4, -0.2) is 11.2 Å². The summed E-state index contributed by atoms with van der Waals surface area (Å²) in [5.41, 5.74) is 8.39. The lowest BCUT2D eigenvalue weighted by Crippen LogP contribution is -1.95. The Hall–Kier alpha value is -2.40. The molecule has 0 amide bonds. The number of hydrogen-bond acceptors (Lipinski definition) is 4. The molecule has 0 fully saturated rings. The Morgan fingerprint density at radius 2 is 2.33 bits per heavy atom.